The Morgan fingerprint density at radius 2 is 1.59 bits per heavy atom. The van der Waals surface area contributed by atoms with Crippen LogP contribution in [0.5, 0.6) is 5.75 Å². The second-order valence-electron chi connectivity index (χ2n) is 7.27. The van der Waals surface area contributed by atoms with Crippen LogP contribution in [0.3, 0.4) is 0 Å². The Balaban J connectivity index is 2.11. The number of rotatable bonds is 9. The van der Waals surface area contributed by atoms with E-state index < -0.39 is 6.04 Å². The first-order valence-corrected chi connectivity index (χ1v) is 10.2. The average Bonchev–Trinajstić information content (AvgIpc) is 2.71. The molecule has 0 aromatic heterocycles. The third-order valence-electron chi connectivity index (χ3n) is 4.56. The predicted molar refractivity (Wildman–Crippen MR) is 116 cm³/mol. The first-order chi connectivity index (χ1) is 13.8. The van der Waals surface area contributed by atoms with Crippen LogP contribution < -0.4 is 10.1 Å². The van der Waals surface area contributed by atoms with E-state index in [1.807, 2.05) is 50.2 Å². The van der Waals surface area contributed by atoms with Crippen LogP contribution in [0.4, 0.5) is 0 Å². The first kappa shape index (κ1) is 22.8. The van der Waals surface area contributed by atoms with Gasteiger partial charge in [0, 0.05) is 17.6 Å². The van der Waals surface area contributed by atoms with Crippen molar-refractivity contribution in [1.29, 1.82) is 0 Å². The smallest absolute Gasteiger partial charge is 0.261 e. The molecule has 0 heterocycles. The van der Waals surface area contributed by atoms with E-state index in [-0.39, 0.29) is 24.5 Å². The summed E-state index contributed by atoms with van der Waals surface area (Å²) >= 11 is 5.96. The van der Waals surface area contributed by atoms with E-state index >= 15 is 0 Å². The fourth-order valence-electron chi connectivity index (χ4n) is 2.82. The molecule has 0 aliphatic heterocycles. The fraction of sp³-hybridized carbons (Fsp3) is 0.391. The van der Waals surface area contributed by atoms with E-state index in [4.69, 9.17) is 16.3 Å². The standard InChI is InChI=1S/C23H29ClN2O3/c1-5-18-8-12-21(13-9-18)29-15-22(27)26(17(4)23(28)25-16(2)3)14-19-6-10-20(24)11-7-19/h6-13,16-17H,5,14-15H2,1-4H3,(H,25,28)/t17-/m0/s1. The zero-order chi connectivity index (χ0) is 21.4. The van der Waals surface area contributed by atoms with E-state index in [0.29, 0.717) is 17.3 Å². The average molecular weight is 417 g/mol. The van der Waals surface area contributed by atoms with Gasteiger partial charge < -0.3 is 15.0 Å². The number of carbonyl (C=O) groups is 2. The lowest BCUT2D eigenvalue weighted by Gasteiger charge is -2.29. The molecule has 6 heteroatoms. The Bertz CT molecular complexity index is 804. The summed E-state index contributed by atoms with van der Waals surface area (Å²) < 4.78 is 5.67. The second kappa shape index (κ2) is 10.9. The fourth-order valence-corrected chi connectivity index (χ4v) is 2.95. The molecule has 0 saturated carbocycles. The van der Waals surface area contributed by atoms with Gasteiger partial charge in [0.15, 0.2) is 6.61 Å². The van der Waals surface area contributed by atoms with Crippen molar-refractivity contribution >= 4 is 23.4 Å². The lowest BCUT2D eigenvalue weighted by molar-refractivity contribution is -0.142. The molecule has 1 atom stereocenters. The molecule has 2 aromatic carbocycles. The number of hydrogen-bond acceptors (Lipinski definition) is 3. The van der Waals surface area contributed by atoms with Gasteiger partial charge in [-0.05, 0) is 62.6 Å². The molecule has 0 bridgehead atoms. The van der Waals surface area contributed by atoms with Gasteiger partial charge in [0.1, 0.15) is 11.8 Å². The summed E-state index contributed by atoms with van der Waals surface area (Å²) in [5, 5.41) is 3.49. The molecule has 2 amide bonds. The van der Waals surface area contributed by atoms with Gasteiger partial charge in [-0.15, -0.1) is 0 Å². The quantitative estimate of drug-likeness (QED) is 0.665. The number of benzene rings is 2. The highest BCUT2D eigenvalue weighted by Crippen LogP contribution is 2.16. The Labute approximate surface area is 178 Å². The molecule has 29 heavy (non-hydrogen) atoms. The number of aryl methyl sites for hydroxylation is 1. The molecule has 0 spiro atoms. The number of carbonyl (C=O) groups excluding carboxylic acids is 2. The van der Waals surface area contributed by atoms with Crippen molar-refractivity contribution < 1.29 is 14.3 Å². The Morgan fingerprint density at radius 3 is 2.14 bits per heavy atom. The lowest BCUT2D eigenvalue weighted by Crippen LogP contribution is -2.50. The largest absolute Gasteiger partial charge is 0.484 e. The highest BCUT2D eigenvalue weighted by atomic mass is 35.5. The number of nitrogens with one attached hydrogen (secondary N) is 1. The van der Waals surface area contributed by atoms with Crippen LogP contribution in [0.1, 0.15) is 38.8 Å². The van der Waals surface area contributed by atoms with Crippen molar-refractivity contribution in [2.75, 3.05) is 6.61 Å². The van der Waals surface area contributed by atoms with Gasteiger partial charge >= 0.3 is 0 Å². The Hall–Kier alpha value is -2.53. The van der Waals surface area contributed by atoms with Gasteiger partial charge in [-0.1, -0.05) is 42.8 Å². The summed E-state index contributed by atoms with van der Waals surface area (Å²) in [6.45, 7) is 7.73. The zero-order valence-electron chi connectivity index (χ0n) is 17.4. The monoisotopic (exact) mass is 416 g/mol. The molecule has 0 aliphatic carbocycles. The molecule has 156 valence electrons. The molecule has 0 aliphatic rings. The van der Waals surface area contributed by atoms with E-state index in [2.05, 4.69) is 12.2 Å². The number of amides is 2. The predicted octanol–water partition coefficient (Wildman–Crippen LogP) is 4.22. The van der Waals surface area contributed by atoms with Gasteiger partial charge in [0.05, 0.1) is 0 Å². The highest BCUT2D eigenvalue weighted by Gasteiger charge is 2.26. The lowest BCUT2D eigenvalue weighted by atomic mass is 10.1. The molecule has 0 saturated heterocycles. The normalized spacial score (nSPS) is 11.8. The maximum Gasteiger partial charge on any atom is 0.261 e. The molecule has 1 N–H and O–H groups in total. The molecule has 2 aromatic rings. The minimum atomic E-state index is -0.633. The van der Waals surface area contributed by atoms with E-state index in [9.17, 15) is 9.59 Å². The van der Waals surface area contributed by atoms with Crippen LogP contribution in [0, 0.1) is 0 Å². The Kier molecular flexibility index (Phi) is 8.52. The number of hydrogen-bond donors (Lipinski definition) is 1. The molecule has 5 nitrogen and oxygen atoms in total. The summed E-state index contributed by atoms with van der Waals surface area (Å²) in [5.74, 6) is 0.168. The summed E-state index contributed by atoms with van der Waals surface area (Å²) in [6.07, 6.45) is 0.941. The third-order valence-corrected chi connectivity index (χ3v) is 4.81. The van der Waals surface area contributed by atoms with Gasteiger partial charge in [0.2, 0.25) is 5.91 Å². The van der Waals surface area contributed by atoms with E-state index in [1.165, 1.54) is 10.5 Å². The minimum Gasteiger partial charge on any atom is -0.484 e. The van der Waals surface area contributed by atoms with Crippen molar-refractivity contribution in [2.45, 2.75) is 52.7 Å². The van der Waals surface area contributed by atoms with E-state index in [1.54, 1.807) is 19.1 Å². The van der Waals surface area contributed by atoms with Crippen LogP contribution in [-0.2, 0) is 22.6 Å². The molecular formula is C23H29ClN2O3. The van der Waals surface area contributed by atoms with Gasteiger partial charge in [-0.3, -0.25) is 9.59 Å². The number of ether oxygens (including phenoxy) is 1. The highest BCUT2D eigenvalue weighted by molar-refractivity contribution is 6.30. The zero-order valence-corrected chi connectivity index (χ0v) is 18.2. The van der Waals surface area contributed by atoms with Crippen molar-refractivity contribution in [3.63, 3.8) is 0 Å². The van der Waals surface area contributed by atoms with Crippen molar-refractivity contribution in [1.82, 2.24) is 10.2 Å². The third kappa shape index (κ3) is 7.09. The summed E-state index contributed by atoms with van der Waals surface area (Å²) in [5.41, 5.74) is 2.09. The van der Waals surface area contributed by atoms with Crippen molar-refractivity contribution in [2.24, 2.45) is 0 Å². The second-order valence-corrected chi connectivity index (χ2v) is 7.71. The molecular weight excluding hydrogens is 388 g/mol. The minimum absolute atomic E-state index is 0.00855. The summed E-state index contributed by atoms with van der Waals surface area (Å²) in [7, 11) is 0. The van der Waals surface area contributed by atoms with Crippen LogP contribution in [-0.4, -0.2) is 35.4 Å². The number of halogens is 1. The van der Waals surface area contributed by atoms with Gasteiger partial charge in [-0.2, -0.15) is 0 Å². The maximum absolute atomic E-state index is 12.9. The van der Waals surface area contributed by atoms with Crippen molar-refractivity contribution in [3.05, 3.63) is 64.7 Å². The number of nitrogens with zero attached hydrogens (tertiary/aromatic N) is 1. The van der Waals surface area contributed by atoms with Gasteiger partial charge in [0.25, 0.3) is 5.91 Å². The molecule has 2 rings (SSSR count). The Morgan fingerprint density at radius 1 is 1.00 bits per heavy atom. The van der Waals surface area contributed by atoms with Crippen LogP contribution in [0.15, 0.2) is 48.5 Å². The topological polar surface area (TPSA) is 58.6 Å². The maximum atomic E-state index is 12.9. The molecule has 0 radical (unpaired) electrons. The van der Waals surface area contributed by atoms with Crippen molar-refractivity contribution in [3.8, 4) is 5.75 Å². The van der Waals surface area contributed by atoms with Gasteiger partial charge in [-0.25, -0.2) is 0 Å². The van der Waals surface area contributed by atoms with E-state index in [0.717, 1.165) is 12.0 Å². The summed E-state index contributed by atoms with van der Waals surface area (Å²) in [4.78, 5) is 27.0. The van der Waals surface area contributed by atoms with Crippen LogP contribution >= 0.6 is 11.6 Å². The first-order valence-electron chi connectivity index (χ1n) is 9.86. The molecule has 0 unspecified atom stereocenters. The van der Waals surface area contributed by atoms with Crippen LogP contribution in [0.25, 0.3) is 0 Å². The van der Waals surface area contributed by atoms with Crippen LogP contribution in [0.2, 0.25) is 5.02 Å². The summed E-state index contributed by atoms with van der Waals surface area (Å²) in [6, 6.07) is 14.2. The molecule has 0 fully saturated rings. The SMILES string of the molecule is CCc1ccc(OCC(=O)N(Cc2ccc(Cl)cc2)[C@@H](C)C(=O)NC(C)C)cc1.